The standard InChI is InChI=1S/C16H15N3O2/c20-16(14-8-10-1-2-12(14)7-10)18-13-5-3-11(4-6-13)15-17-9-21-19-15/h1-6,9-10,12,14H,7-8H2,(H,18,20). The first-order chi connectivity index (χ1) is 10.3. The molecule has 5 heteroatoms. The third kappa shape index (κ3) is 2.24. The van der Waals surface area contributed by atoms with Crippen LogP contribution in [0.15, 0.2) is 47.3 Å². The second-order valence-corrected chi connectivity index (χ2v) is 5.71. The molecule has 0 spiro atoms. The Morgan fingerprint density at radius 1 is 1.19 bits per heavy atom. The summed E-state index contributed by atoms with van der Waals surface area (Å²) in [5.41, 5.74) is 1.67. The van der Waals surface area contributed by atoms with Gasteiger partial charge in [0.15, 0.2) is 0 Å². The first-order valence-corrected chi connectivity index (χ1v) is 7.15. The number of hydrogen-bond donors (Lipinski definition) is 1. The molecule has 106 valence electrons. The minimum atomic E-state index is 0.122. The average molecular weight is 281 g/mol. The molecule has 1 saturated carbocycles. The van der Waals surface area contributed by atoms with Gasteiger partial charge in [0, 0.05) is 17.2 Å². The van der Waals surface area contributed by atoms with Gasteiger partial charge in [-0.25, -0.2) is 0 Å². The summed E-state index contributed by atoms with van der Waals surface area (Å²) in [6.07, 6.45) is 7.85. The highest BCUT2D eigenvalue weighted by molar-refractivity contribution is 5.93. The molecule has 3 atom stereocenters. The van der Waals surface area contributed by atoms with E-state index < -0.39 is 0 Å². The van der Waals surface area contributed by atoms with Crippen LogP contribution in [-0.2, 0) is 4.79 Å². The van der Waals surface area contributed by atoms with Crippen LogP contribution in [0.4, 0.5) is 5.69 Å². The van der Waals surface area contributed by atoms with Crippen molar-refractivity contribution >= 4 is 11.6 Å². The van der Waals surface area contributed by atoms with E-state index in [0.29, 0.717) is 17.7 Å². The van der Waals surface area contributed by atoms with E-state index in [2.05, 4.69) is 27.6 Å². The Morgan fingerprint density at radius 3 is 2.67 bits per heavy atom. The molecule has 1 aromatic carbocycles. The van der Waals surface area contributed by atoms with E-state index in [-0.39, 0.29) is 11.8 Å². The van der Waals surface area contributed by atoms with Gasteiger partial charge in [-0.05, 0) is 48.9 Å². The highest BCUT2D eigenvalue weighted by atomic mass is 16.5. The average Bonchev–Trinajstić information content (AvgIpc) is 3.25. The molecule has 2 aromatic rings. The predicted octanol–water partition coefficient (Wildman–Crippen LogP) is 2.89. The van der Waals surface area contributed by atoms with Crippen molar-refractivity contribution in [2.75, 3.05) is 5.32 Å². The Hall–Kier alpha value is -2.43. The van der Waals surface area contributed by atoms with Gasteiger partial charge in [-0.15, -0.1) is 0 Å². The smallest absolute Gasteiger partial charge is 0.228 e. The molecule has 0 saturated heterocycles. The van der Waals surface area contributed by atoms with Crippen LogP contribution in [0.5, 0.6) is 0 Å². The molecule has 0 radical (unpaired) electrons. The molecular weight excluding hydrogens is 266 g/mol. The molecule has 5 nitrogen and oxygen atoms in total. The number of nitrogens with zero attached hydrogens (tertiary/aromatic N) is 2. The lowest BCUT2D eigenvalue weighted by Crippen LogP contribution is -2.25. The first kappa shape index (κ1) is 12.3. The molecule has 21 heavy (non-hydrogen) atoms. The largest absolute Gasteiger partial charge is 0.342 e. The van der Waals surface area contributed by atoms with Crippen LogP contribution in [0.25, 0.3) is 11.4 Å². The van der Waals surface area contributed by atoms with Gasteiger partial charge in [0.25, 0.3) is 0 Å². The molecule has 1 heterocycles. The van der Waals surface area contributed by atoms with Crippen molar-refractivity contribution in [3.63, 3.8) is 0 Å². The Labute approximate surface area is 122 Å². The van der Waals surface area contributed by atoms with E-state index >= 15 is 0 Å². The summed E-state index contributed by atoms with van der Waals surface area (Å²) < 4.78 is 4.72. The van der Waals surface area contributed by atoms with Gasteiger partial charge in [0.05, 0.1) is 0 Å². The van der Waals surface area contributed by atoms with E-state index in [9.17, 15) is 4.79 Å². The van der Waals surface area contributed by atoms with Gasteiger partial charge >= 0.3 is 0 Å². The van der Waals surface area contributed by atoms with E-state index in [4.69, 9.17) is 4.52 Å². The summed E-state index contributed by atoms with van der Waals surface area (Å²) in [4.78, 5) is 16.3. The van der Waals surface area contributed by atoms with Crippen molar-refractivity contribution in [1.29, 1.82) is 0 Å². The summed E-state index contributed by atoms with van der Waals surface area (Å²) in [6, 6.07) is 7.49. The minimum Gasteiger partial charge on any atom is -0.342 e. The van der Waals surface area contributed by atoms with Gasteiger partial charge in [-0.3, -0.25) is 4.79 Å². The monoisotopic (exact) mass is 281 g/mol. The van der Waals surface area contributed by atoms with Crippen LogP contribution >= 0.6 is 0 Å². The molecule has 2 bridgehead atoms. The number of nitrogens with one attached hydrogen (secondary N) is 1. The number of benzene rings is 1. The summed E-state index contributed by atoms with van der Waals surface area (Å²) in [5.74, 6) is 1.82. The van der Waals surface area contributed by atoms with E-state index in [1.807, 2.05) is 24.3 Å². The normalized spacial score (nSPS) is 26.2. The van der Waals surface area contributed by atoms with E-state index in [1.54, 1.807) is 0 Å². The zero-order valence-corrected chi connectivity index (χ0v) is 11.4. The van der Waals surface area contributed by atoms with Crippen LogP contribution in [-0.4, -0.2) is 16.0 Å². The summed E-state index contributed by atoms with van der Waals surface area (Å²) in [7, 11) is 0. The minimum absolute atomic E-state index is 0.122. The lowest BCUT2D eigenvalue weighted by molar-refractivity contribution is -0.120. The SMILES string of the molecule is O=C(Nc1ccc(-c2ncon2)cc1)C1CC2C=CC1C2. The molecule has 3 unspecified atom stereocenters. The molecule has 1 amide bonds. The number of hydrogen-bond acceptors (Lipinski definition) is 4. The Kier molecular flexibility index (Phi) is 2.84. The Morgan fingerprint density at radius 2 is 2.05 bits per heavy atom. The highest BCUT2D eigenvalue weighted by Gasteiger charge is 2.39. The molecule has 1 aromatic heterocycles. The topological polar surface area (TPSA) is 68.0 Å². The van der Waals surface area contributed by atoms with E-state index in [1.165, 1.54) is 6.39 Å². The highest BCUT2D eigenvalue weighted by Crippen LogP contribution is 2.43. The van der Waals surface area contributed by atoms with Crippen LogP contribution < -0.4 is 5.32 Å². The van der Waals surface area contributed by atoms with Gasteiger partial charge in [-0.1, -0.05) is 17.3 Å². The molecule has 2 aliphatic rings. The molecule has 4 rings (SSSR count). The fourth-order valence-electron chi connectivity index (χ4n) is 3.32. The lowest BCUT2D eigenvalue weighted by atomic mass is 9.93. The van der Waals surface area contributed by atoms with Crippen LogP contribution in [0.3, 0.4) is 0 Å². The van der Waals surface area contributed by atoms with Crippen LogP contribution in [0, 0.1) is 17.8 Å². The zero-order valence-electron chi connectivity index (χ0n) is 11.4. The van der Waals surface area contributed by atoms with Crippen LogP contribution in [0.2, 0.25) is 0 Å². The molecule has 2 aliphatic carbocycles. The zero-order chi connectivity index (χ0) is 14.2. The number of carbonyl (C=O) groups is 1. The van der Waals surface area contributed by atoms with Crippen molar-refractivity contribution in [3.8, 4) is 11.4 Å². The van der Waals surface area contributed by atoms with Crippen molar-refractivity contribution in [3.05, 3.63) is 42.8 Å². The fourth-order valence-corrected chi connectivity index (χ4v) is 3.32. The first-order valence-electron chi connectivity index (χ1n) is 7.15. The number of allylic oxidation sites excluding steroid dienone is 2. The predicted molar refractivity (Wildman–Crippen MR) is 77.2 cm³/mol. The lowest BCUT2D eigenvalue weighted by Gasteiger charge is -2.17. The van der Waals surface area contributed by atoms with Crippen molar-refractivity contribution in [2.24, 2.45) is 17.8 Å². The maximum absolute atomic E-state index is 12.3. The summed E-state index contributed by atoms with van der Waals surface area (Å²) in [5, 5.41) is 6.79. The Balaban J connectivity index is 1.45. The number of anilines is 1. The maximum Gasteiger partial charge on any atom is 0.228 e. The molecule has 0 aliphatic heterocycles. The number of fused-ring (bicyclic) bond motifs is 2. The third-order valence-electron chi connectivity index (χ3n) is 4.39. The number of amides is 1. The fraction of sp³-hybridized carbons (Fsp3) is 0.312. The Bertz CT molecular complexity index is 676. The second kappa shape index (κ2) is 4.84. The third-order valence-corrected chi connectivity index (χ3v) is 4.39. The number of carbonyl (C=O) groups excluding carboxylic acids is 1. The second-order valence-electron chi connectivity index (χ2n) is 5.71. The van der Waals surface area contributed by atoms with Gasteiger partial charge in [-0.2, -0.15) is 4.98 Å². The van der Waals surface area contributed by atoms with E-state index in [0.717, 1.165) is 24.1 Å². The molecular formula is C16H15N3O2. The molecule has 1 fully saturated rings. The van der Waals surface area contributed by atoms with Gasteiger partial charge in [0.1, 0.15) is 0 Å². The van der Waals surface area contributed by atoms with Gasteiger partial charge < -0.3 is 9.84 Å². The molecule has 1 N–H and O–H groups in total. The van der Waals surface area contributed by atoms with Crippen molar-refractivity contribution in [1.82, 2.24) is 10.1 Å². The quantitative estimate of drug-likeness (QED) is 0.878. The van der Waals surface area contributed by atoms with Gasteiger partial charge in [0.2, 0.25) is 18.1 Å². The maximum atomic E-state index is 12.3. The van der Waals surface area contributed by atoms with Crippen molar-refractivity contribution in [2.45, 2.75) is 12.8 Å². The summed E-state index contributed by atoms with van der Waals surface area (Å²) >= 11 is 0. The number of rotatable bonds is 3. The number of aromatic nitrogens is 2. The summed E-state index contributed by atoms with van der Waals surface area (Å²) in [6.45, 7) is 0. The van der Waals surface area contributed by atoms with Crippen LogP contribution in [0.1, 0.15) is 12.8 Å². The van der Waals surface area contributed by atoms with Crippen molar-refractivity contribution < 1.29 is 9.32 Å².